The molecule has 1 saturated heterocycles. The van der Waals surface area contributed by atoms with E-state index < -0.39 is 10.0 Å². The van der Waals surface area contributed by atoms with Gasteiger partial charge in [-0.05, 0) is 18.9 Å². The molecule has 0 aromatic carbocycles. The molecule has 1 unspecified atom stereocenters. The van der Waals surface area contributed by atoms with E-state index in [4.69, 9.17) is 5.11 Å². The molecule has 4 N–H and O–H groups in total. The molecule has 1 aliphatic rings. The number of aliphatic hydroxyl groups excluding tert-OH is 1. The normalized spacial score (nSPS) is 17.9. The highest BCUT2D eigenvalue weighted by Crippen LogP contribution is 2.28. The van der Waals surface area contributed by atoms with Crippen LogP contribution in [0.1, 0.15) is 12.8 Å². The van der Waals surface area contributed by atoms with E-state index in [0.717, 1.165) is 18.4 Å². The number of H-pyrrole nitrogens is 1. The van der Waals surface area contributed by atoms with E-state index in [9.17, 15) is 8.42 Å². The average Bonchev–Trinajstić information content (AvgIpc) is 3.20. The first-order chi connectivity index (χ1) is 14.4. The average molecular weight is 433 g/mol. The van der Waals surface area contributed by atoms with Crippen LogP contribution in [-0.4, -0.2) is 81.3 Å². The van der Waals surface area contributed by atoms with Crippen LogP contribution in [0.25, 0.3) is 22.4 Å². The summed E-state index contributed by atoms with van der Waals surface area (Å²) in [5.74, 6) is 0.900. The number of sulfonamides is 1. The van der Waals surface area contributed by atoms with Crippen molar-refractivity contribution in [3.05, 3.63) is 24.7 Å². The number of fused-ring (bicyclic) bond motifs is 1. The molecule has 0 spiro atoms. The van der Waals surface area contributed by atoms with Crippen LogP contribution in [0.4, 0.5) is 11.8 Å². The van der Waals surface area contributed by atoms with Gasteiger partial charge < -0.3 is 20.7 Å². The molecule has 0 bridgehead atoms. The number of hydrogen-bond donors (Lipinski definition) is 4. The molecule has 3 aromatic rings. The molecular formula is C18H24N8O3S. The van der Waals surface area contributed by atoms with Crippen LogP contribution in [0.15, 0.2) is 24.7 Å². The van der Waals surface area contributed by atoms with E-state index in [1.54, 1.807) is 18.6 Å². The fraction of sp³-hybridized carbons (Fsp3) is 0.444. The standard InChI is InChI=1S/C18H24N8O3S/c1-30(28,29)26-7-2-3-12(11-26)23-16-13(9-22-18(25-16)20-6-8-27)15-10-21-17-14(24-15)4-5-19-17/h4-5,9-10,12,27H,2-3,6-8,11H2,1H3,(H,19,21)(H2,20,22,23,25). The van der Waals surface area contributed by atoms with Gasteiger partial charge in [-0.15, -0.1) is 0 Å². The van der Waals surface area contributed by atoms with Gasteiger partial charge in [0.25, 0.3) is 0 Å². The molecule has 4 heterocycles. The van der Waals surface area contributed by atoms with Crippen molar-refractivity contribution in [2.24, 2.45) is 0 Å². The number of aliphatic hydroxyl groups is 1. The van der Waals surface area contributed by atoms with Gasteiger partial charge in [-0.25, -0.2) is 27.7 Å². The van der Waals surface area contributed by atoms with E-state index in [0.29, 0.717) is 48.3 Å². The summed E-state index contributed by atoms with van der Waals surface area (Å²) in [7, 11) is -3.26. The highest BCUT2D eigenvalue weighted by atomic mass is 32.2. The summed E-state index contributed by atoms with van der Waals surface area (Å²) in [4.78, 5) is 20.9. The second kappa shape index (κ2) is 8.50. The lowest BCUT2D eigenvalue weighted by Crippen LogP contribution is -2.44. The Morgan fingerprint density at radius 1 is 1.30 bits per heavy atom. The third kappa shape index (κ3) is 4.50. The molecule has 12 heteroatoms. The highest BCUT2D eigenvalue weighted by Gasteiger charge is 2.27. The Morgan fingerprint density at radius 2 is 2.17 bits per heavy atom. The molecule has 1 atom stereocenters. The van der Waals surface area contributed by atoms with Crippen molar-refractivity contribution in [1.29, 1.82) is 0 Å². The fourth-order valence-electron chi connectivity index (χ4n) is 3.45. The molecule has 0 aliphatic carbocycles. The Kier molecular flexibility index (Phi) is 5.79. The van der Waals surface area contributed by atoms with E-state index in [1.165, 1.54) is 10.6 Å². The summed E-state index contributed by atoms with van der Waals surface area (Å²) < 4.78 is 25.4. The van der Waals surface area contributed by atoms with Crippen LogP contribution < -0.4 is 10.6 Å². The second-order valence-electron chi connectivity index (χ2n) is 7.18. The van der Waals surface area contributed by atoms with Gasteiger partial charge in [-0.2, -0.15) is 4.98 Å². The molecule has 0 radical (unpaired) electrons. The van der Waals surface area contributed by atoms with Crippen LogP contribution >= 0.6 is 0 Å². The lowest BCUT2D eigenvalue weighted by molar-refractivity contribution is 0.311. The minimum absolute atomic E-state index is 0.0462. The van der Waals surface area contributed by atoms with Crippen molar-refractivity contribution in [1.82, 2.24) is 29.2 Å². The number of piperidine rings is 1. The zero-order valence-corrected chi connectivity index (χ0v) is 17.4. The molecule has 0 saturated carbocycles. The SMILES string of the molecule is CS(=O)(=O)N1CCCC(Nc2nc(NCCO)ncc2-c2cnc3[nH]ccc3n2)C1. The predicted octanol–water partition coefficient (Wildman–Crippen LogP) is 0.655. The van der Waals surface area contributed by atoms with Gasteiger partial charge in [-0.3, -0.25) is 0 Å². The Morgan fingerprint density at radius 3 is 2.97 bits per heavy atom. The van der Waals surface area contributed by atoms with Crippen LogP contribution in [0.3, 0.4) is 0 Å². The Hall–Kier alpha value is -2.83. The Bertz CT molecular complexity index is 1130. The van der Waals surface area contributed by atoms with E-state index >= 15 is 0 Å². The second-order valence-corrected chi connectivity index (χ2v) is 9.16. The smallest absolute Gasteiger partial charge is 0.224 e. The van der Waals surface area contributed by atoms with Crippen LogP contribution in [0, 0.1) is 0 Å². The minimum Gasteiger partial charge on any atom is -0.395 e. The molecule has 160 valence electrons. The monoisotopic (exact) mass is 432 g/mol. The summed E-state index contributed by atoms with van der Waals surface area (Å²) in [6.45, 7) is 1.16. The van der Waals surface area contributed by atoms with Crippen LogP contribution in [-0.2, 0) is 10.0 Å². The zero-order chi connectivity index (χ0) is 21.1. The molecule has 4 rings (SSSR count). The fourth-order valence-corrected chi connectivity index (χ4v) is 4.36. The molecular weight excluding hydrogens is 408 g/mol. The number of nitrogens with one attached hydrogen (secondary N) is 3. The molecule has 0 amide bonds. The third-order valence-corrected chi connectivity index (χ3v) is 6.18. The van der Waals surface area contributed by atoms with Gasteiger partial charge in [0, 0.05) is 38.1 Å². The van der Waals surface area contributed by atoms with Gasteiger partial charge in [0.1, 0.15) is 11.3 Å². The largest absolute Gasteiger partial charge is 0.395 e. The first-order valence-corrected chi connectivity index (χ1v) is 11.5. The highest BCUT2D eigenvalue weighted by molar-refractivity contribution is 7.88. The van der Waals surface area contributed by atoms with Gasteiger partial charge in [0.15, 0.2) is 5.65 Å². The number of rotatable bonds is 7. The zero-order valence-electron chi connectivity index (χ0n) is 16.5. The molecule has 1 aliphatic heterocycles. The van der Waals surface area contributed by atoms with Crippen molar-refractivity contribution < 1.29 is 13.5 Å². The molecule has 1 fully saturated rings. The number of nitrogens with zero attached hydrogens (tertiary/aromatic N) is 5. The van der Waals surface area contributed by atoms with Gasteiger partial charge in [0.05, 0.1) is 30.3 Å². The number of hydrogen-bond acceptors (Lipinski definition) is 9. The van der Waals surface area contributed by atoms with E-state index in [2.05, 4.69) is 35.6 Å². The first-order valence-electron chi connectivity index (χ1n) is 9.68. The van der Waals surface area contributed by atoms with Crippen LogP contribution in [0.2, 0.25) is 0 Å². The van der Waals surface area contributed by atoms with E-state index in [-0.39, 0.29) is 12.6 Å². The van der Waals surface area contributed by atoms with Crippen molar-refractivity contribution in [2.45, 2.75) is 18.9 Å². The third-order valence-electron chi connectivity index (χ3n) is 4.91. The quantitative estimate of drug-likeness (QED) is 0.422. The summed E-state index contributed by atoms with van der Waals surface area (Å²) in [5.41, 5.74) is 2.68. The summed E-state index contributed by atoms with van der Waals surface area (Å²) >= 11 is 0. The van der Waals surface area contributed by atoms with Crippen molar-refractivity contribution >= 4 is 33.0 Å². The summed E-state index contributed by atoms with van der Waals surface area (Å²) in [6.07, 6.45) is 7.87. The predicted molar refractivity (Wildman–Crippen MR) is 114 cm³/mol. The van der Waals surface area contributed by atoms with E-state index in [1.807, 2.05) is 6.07 Å². The van der Waals surface area contributed by atoms with Gasteiger partial charge >= 0.3 is 0 Å². The number of aromatic nitrogens is 5. The van der Waals surface area contributed by atoms with Gasteiger partial charge in [-0.1, -0.05) is 0 Å². The minimum atomic E-state index is -3.26. The molecule has 11 nitrogen and oxygen atoms in total. The Labute approximate surface area is 174 Å². The topological polar surface area (TPSA) is 149 Å². The maximum atomic E-state index is 12.0. The number of aromatic amines is 1. The summed E-state index contributed by atoms with van der Waals surface area (Å²) in [6, 6.07) is 1.74. The summed E-state index contributed by atoms with van der Waals surface area (Å²) in [5, 5.41) is 15.4. The maximum absolute atomic E-state index is 12.0. The molecule has 30 heavy (non-hydrogen) atoms. The maximum Gasteiger partial charge on any atom is 0.224 e. The lowest BCUT2D eigenvalue weighted by Gasteiger charge is -2.32. The lowest BCUT2D eigenvalue weighted by atomic mass is 10.1. The van der Waals surface area contributed by atoms with Crippen molar-refractivity contribution in [3.63, 3.8) is 0 Å². The number of anilines is 2. The van der Waals surface area contributed by atoms with Crippen LogP contribution in [0.5, 0.6) is 0 Å². The molecule has 3 aromatic heterocycles. The Balaban J connectivity index is 1.66. The van der Waals surface area contributed by atoms with Crippen molar-refractivity contribution in [2.75, 3.05) is 43.1 Å². The first kappa shape index (κ1) is 20.4. The van der Waals surface area contributed by atoms with Crippen molar-refractivity contribution in [3.8, 4) is 11.3 Å². The van der Waals surface area contributed by atoms with Gasteiger partial charge in [0.2, 0.25) is 16.0 Å².